The number of aliphatic hydroxyl groups excluding tert-OH is 1. The lowest BCUT2D eigenvalue weighted by Crippen LogP contribution is -2.36. The summed E-state index contributed by atoms with van der Waals surface area (Å²) in [7, 11) is 0. The predicted octanol–water partition coefficient (Wildman–Crippen LogP) is 4.07. The Morgan fingerprint density at radius 1 is 1.17 bits per heavy atom. The number of rotatable bonds is 7. The van der Waals surface area contributed by atoms with Gasteiger partial charge in [-0.25, -0.2) is 0 Å². The third kappa shape index (κ3) is 3.96. The smallest absolute Gasteiger partial charge is 0.0702 e. The third-order valence-corrected chi connectivity index (χ3v) is 4.93. The van der Waals surface area contributed by atoms with E-state index in [1.807, 2.05) is 24.4 Å². The second-order valence-corrected chi connectivity index (χ2v) is 6.60. The van der Waals surface area contributed by atoms with Gasteiger partial charge in [-0.3, -0.25) is 9.88 Å². The van der Waals surface area contributed by atoms with Crippen LogP contribution in [0.25, 0.3) is 10.9 Å². The molecule has 2 heterocycles. The highest BCUT2D eigenvalue weighted by Crippen LogP contribution is 2.19. The molecule has 23 heavy (non-hydrogen) atoms. The van der Waals surface area contributed by atoms with Crippen molar-refractivity contribution in [1.82, 2.24) is 9.88 Å². The summed E-state index contributed by atoms with van der Waals surface area (Å²) < 4.78 is 0. The number of nitrogens with zero attached hydrogens (tertiary/aromatic N) is 2. The summed E-state index contributed by atoms with van der Waals surface area (Å²) in [5.41, 5.74) is 3.51. The van der Waals surface area contributed by atoms with E-state index in [1.54, 1.807) is 11.3 Å². The molecule has 0 saturated carbocycles. The molecule has 4 heteroatoms. The van der Waals surface area contributed by atoms with Crippen LogP contribution < -0.4 is 0 Å². The summed E-state index contributed by atoms with van der Waals surface area (Å²) in [4.78, 5) is 6.90. The second-order valence-electron chi connectivity index (χ2n) is 5.82. The number of thiophene rings is 1. The number of hydrogen-bond donors (Lipinski definition) is 1. The number of pyridine rings is 1. The summed E-state index contributed by atoms with van der Waals surface area (Å²) in [5.74, 6) is 0. The number of para-hydroxylation sites is 1. The fourth-order valence-electron chi connectivity index (χ4n) is 2.87. The molecule has 0 bridgehead atoms. The van der Waals surface area contributed by atoms with Crippen molar-refractivity contribution in [3.8, 4) is 0 Å². The van der Waals surface area contributed by atoms with Crippen molar-refractivity contribution in [3.05, 3.63) is 64.5 Å². The van der Waals surface area contributed by atoms with Gasteiger partial charge in [-0.1, -0.05) is 25.1 Å². The van der Waals surface area contributed by atoms with E-state index in [4.69, 9.17) is 0 Å². The highest BCUT2D eigenvalue weighted by molar-refractivity contribution is 7.07. The zero-order valence-corrected chi connectivity index (χ0v) is 14.2. The molecule has 3 rings (SSSR count). The number of fused-ring (bicyclic) bond motifs is 1. The lowest BCUT2D eigenvalue weighted by Gasteiger charge is -2.29. The van der Waals surface area contributed by atoms with Gasteiger partial charge in [0.25, 0.3) is 0 Å². The van der Waals surface area contributed by atoms with E-state index in [-0.39, 0.29) is 12.6 Å². The van der Waals surface area contributed by atoms with Crippen molar-refractivity contribution in [3.63, 3.8) is 0 Å². The summed E-state index contributed by atoms with van der Waals surface area (Å²) in [5, 5.41) is 15.2. The lowest BCUT2D eigenvalue weighted by atomic mass is 10.1. The molecule has 0 aliphatic heterocycles. The van der Waals surface area contributed by atoms with E-state index in [9.17, 15) is 5.11 Å². The topological polar surface area (TPSA) is 36.4 Å². The van der Waals surface area contributed by atoms with Crippen molar-refractivity contribution < 1.29 is 5.11 Å². The van der Waals surface area contributed by atoms with Crippen molar-refractivity contribution in [2.75, 3.05) is 6.61 Å². The first kappa shape index (κ1) is 16.1. The van der Waals surface area contributed by atoms with Crippen LogP contribution in [0.15, 0.2) is 53.4 Å². The first-order valence-electron chi connectivity index (χ1n) is 7.99. The summed E-state index contributed by atoms with van der Waals surface area (Å²) >= 11 is 1.72. The fourth-order valence-corrected chi connectivity index (χ4v) is 3.53. The Kier molecular flexibility index (Phi) is 5.39. The Labute approximate surface area is 141 Å². The molecule has 0 aliphatic carbocycles. The minimum atomic E-state index is 0.168. The number of benzene rings is 1. The minimum Gasteiger partial charge on any atom is -0.395 e. The molecule has 3 nitrogen and oxygen atoms in total. The van der Waals surface area contributed by atoms with Gasteiger partial charge in [-0.15, -0.1) is 0 Å². The summed E-state index contributed by atoms with van der Waals surface area (Å²) in [6.45, 7) is 3.96. The quantitative estimate of drug-likeness (QED) is 0.711. The van der Waals surface area contributed by atoms with Crippen molar-refractivity contribution in [2.24, 2.45) is 0 Å². The maximum Gasteiger partial charge on any atom is 0.0702 e. The van der Waals surface area contributed by atoms with Gasteiger partial charge < -0.3 is 5.11 Å². The molecule has 120 valence electrons. The van der Waals surface area contributed by atoms with Gasteiger partial charge >= 0.3 is 0 Å². The second kappa shape index (κ2) is 7.68. The molecule has 0 amide bonds. The van der Waals surface area contributed by atoms with Crippen molar-refractivity contribution >= 4 is 22.2 Å². The number of aliphatic hydroxyl groups is 1. The molecule has 1 atom stereocenters. The van der Waals surface area contributed by atoms with E-state index in [0.29, 0.717) is 0 Å². The van der Waals surface area contributed by atoms with Gasteiger partial charge in [0, 0.05) is 30.7 Å². The molecule has 0 fully saturated rings. The summed E-state index contributed by atoms with van der Waals surface area (Å²) in [6.07, 6.45) is 2.88. The van der Waals surface area contributed by atoms with E-state index < -0.39 is 0 Å². The average Bonchev–Trinajstić information content (AvgIpc) is 3.09. The highest BCUT2D eigenvalue weighted by Gasteiger charge is 2.17. The van der Waals surface area contributed by atoms with Crippen LogP contribution in [0, 0.1) is 0 Å². The van der Waals surface area contributed by atoms with Crippen molar-refractivity contribution in [2.45, 2.75) is 32.5 Å². The largest absolute Gasteiger partial charge is 0.395 e. The lowest BCUT2D eigenvalue weighted by molar-refractivity contribution is 0.107. The van der Waals surface area contributed by atoms with Gasteiger partial charge in [0.15, 0.2) is 0 Å². The van der Waals surface area contributed by atoms with Crippen LogP contribution in [-0.4, -0.2) is 27.6 Å². The number of hydrogen-bond acceptors (Lipinski definition) is 4. The first-order chi connectivity index (χ1) is 11.3. The monoisotopic (exact) mass is 326 g/mol. The zero-order chi connectivity index (χ0) is 16.1. The van der Waals surface area contributed by atoms with Gasteiger partial charge in [0.05, 0.1) is 12.1 Å². The Morgan fingerprint density at radius 2 is 2.00 bits per heavy atom. The maximum absolute atomic E-state index is 9.72. The average molecular weight is 326 g/mol. The fraction of sp³-hybridized carbons (Fsp3) is 0.316. The van der Waals surface area contributed by atoms with Crippen LogP contribution in [0.4, 0.5) is 0 Å². The Morgan fingerprint density at radius 3 is 2.74 bits per heavy atom. The highest BCUT2D eigenvalue weighted by atomic mass is 32.1. The third-order valence-electron chi connectivity index (χ3n) is 4.20. The van der Waals surface area contributed by atoms with Gasteiger partial charge in [0.1, 0.15) is 0 Å². The zero-order valence-electron chi connectivity index (χ0n) is 13.4. The molecular formula is C19H22N2OS. The summed E-state index contributed by atoms with van der Waals surface area (Å²) in [6, 6.07) is 12.7. The van der Waals surface area contributed by atoms with Crippen LogP contribution in [-0.2, 0) is 13.1 Å². The van der Waals surface area contributed by atoms with Crippen LogP contribution in [0.1, 0.15) is 24.5 Å². The molecule has 1 N–H and O–H groups in total. The molecule has 0 radical (unpaired) electrons. The standard InChI is InChI=1S/C19H22N2OS/c1-2-18(13-22)21(11-15-7-8-23-14-15)12-16-9-17-5-3-4-6-19(17)20-10-16/h3-10,14,18,22H,2,11-13H2,1H3/t18-/m0/s1. The first-order valence-corrected chi connectivity index (χ1v) is 8.94. The van der Waals surface area contributed by atoms with Crippen molar-refractivity contribution in [1.29, 1.82) is 0 Å². The Hall–Kier alpha value is -1.75. The van der Waals surface area contributed by atoms with E-state index in [2.05, 4.69) is 45.8 Å². The maximum atomic E-state index is 9.72. The number of aromatic nitrogens is 1. The normalized spacial score (nSPS) is 12.8. The van der Waals surface area contributed by atoms with Crippen LogP contribution in [0.2, 0.25) is 0 Å². The van der Waals surface area contributed by atoms with Crippen LogP contribution in [0.5, 0.6) is 0 Å². The van der Waals surface area contributed by atoms with E-state index in [0.717, 1.165) is 30.4 Å². The molecule has 0 unspecified atom stereocenters. The van der Waals surface area contributed by atoms with Gasteiger partial charge in [-0.2, -0.15) is 11.3 Å². The Balaban J connectivity index is 1.83. The molecule has 0 aliphatic rings. The molecule has 0 saturated heterocycles. The Bertz CT molecular complexity index is 738. The molecule has 0 spiro atoms. The van der Waals surface area contributed by atoms with Crippen LogP contribution >= 0.6 is 11.3 Å². The van der Waals surface area contributed by atoms with Gasteiger partial charge in [0.2, 0.25) is 0 Å². The molecule has 1 aromatic carbocycles. The molecule has 3 aromatic rings. The molecule has 2 aromatic heterocycles. The SMILES string of the molecule is CC[C@@H](CO)N(Cc1ccsc1)Cc1cnc2ccccc2c1. The minimum absolute atomic E-state index is 0.168. The van der Waals surface area contributed by atoms with E-state index >= 15 is 0 Å². The predicted molar refractivity (Wildman–Crippen MR) is 96.5 cm³/mol. The van der Waals surface area contributed by atoms with Gasteiger partial charge in [-0.05, 0) is 46.5 Å². The van der Waals surface area contributed by atoms with E-state index in [1.165, 1.54) is 11.1 Å². The molecular weight excluding hydrogens is 304 g/mol. The van der Waals surface area contributed by atoms with Crippen LogP contribution in [0.3, 0.4) is 0 Å².